The molecular weight excluding hydrogens is 435 g/mol. The molecule has 3 aromatic rings. The van der Waals surface area contributed by atoms with E-state index < -0.39 is 9.58 Å². The molecule has 124 valence electrons. The van der Waals surface area contributed by atoms with E-state index in [9.17, 15) is 14.7 Å². The summed E-state index contributed by atoms with van der Waals surface area (Å²) in [5, 5.41) is 11.5. The molecule has 1 aromatic carbocycles. The zero-order chi connectivity index (χ0) is 17.3. The lowest BCUT2D eigenvalue weighted by molar-refractivity contribution is -0.159. The molecule has 2 aliphatic rings. The van der Waals surface area contributed by atoms with Crippen LogP contribution in [-0.4, -0.2) is 20.6 Å². The van der Waals surface area contributed by atoms with Gasteiger partial charge in [-0.3, -0.25) is 4.79 Å². The normalized spacial score (nSPS) is 20.8. The van der Waals surface area contributed by atoms with Crippen molar-refractivity contribution in [1.29, 1.82) is 0 Å². The van der Waals surface area contributed by atoms with Crippen LogP contribution >= 0.6 is 22.6 Å². The highest BCUT2D eigenvalue weighted by Crippen LogP contribution is 2.40. The summed E-state index contributed by atoms with van der Waals surface area (Å²) in [5.41, 5.74) is 3.48. The monoisotopic (exact) mass is 446 g/mol. The first-order chi connectivity index (χ1) is 12.0. The predicted octanol–water partition coefficient (Wildman–Crippen LogP) is 2.06. The second kappa shape index (κ2) is 4.89. The van der Waals surface area contributed by atoms with Crippen LogP contribution in [0.15, 0.2) is 41.2 Å². The van der Waals surface area contributed by atoms with E-state index in [0.29, 0.717) is 29.1 Å². The van der Waals surface area contributed by atoms with Gasteiger partial charge in [-0.05, 0) is 40.8 Å². The van der Waals surface area contributed by atoms with E-state index in [1.807, 2.05) is 30.3 Å². The molecule has 0 spiro atoms. The lowest BCUT2D eigenvalue weighted by Crippen LogP contribution is -2.40. The average molecular weight is 446 g/mol. The standard InChI is InChI=1S/C18H11IN2O4/c19-18(24)12-6-14-15-10(5-9-3-1-2-4-13(9)20-15)7-21(14)16(22)11(12)8-25-17(18)23/h1-6,24H,7-8H2/t18-/m0/s1. The van der Waals surface area contributed by atoms with Gasteiger partial charge in [0.15, 0.2) is 0 Å². The zero-order valence-electron chi connectivity index (χ0n) is 12.8. The van der Waals surface area contributed by atoms with Gasteiger partial charge in [-0.1, -0.05) is 18.2 Å². The van der Waals surface area contributed by atoms with Crippen molar-refractivity contribution in [3.05, 3.63) is 63.4 Å². The molecule has 0 aliphatic carbocycles. The quantitative estimate of drug-likeness (QED) is 0.254. The lowest BCUT2D eigenvalue weighted by atomic mass is 10.0. The summed E-state index contributed by atoms with van der Waals surface area (Å²) < 4.78 is 4.74. The van der Waals surface area contributed by atoms with E-state index in [4.69, 9.17) is 9.72 Å². The van der Waals surface area contributed by atoms with Crippen LogP contribution in [0.25, 0.3) is 22.3 Å². The first-order valence-corrected chi connectivity index (χ1v) is 8.79. The Kier molecular flexibility index (Phi) is 2.94. The summed E-state index contributed by atoms with van der Waals surface area (Å²) in [5.74, 6) is -0.755. The van der Waals surface area contributed by atoms with Crippen molar-refractivity contribution in [3.8, 4) is 11.4 Å². The van der Waals surface area contributed by atoms with E-state index in [0.717, 1.165) is 16.5 Å². The number of fused-ring (bicyclic) bond motifs is 5. The Labute approximate surface area is 155 Å². The number of para-hydroxylation sites is 1. The van der Waals surface area contributed by atoms with Gasteiger partial charge in [0.25, 0.3) is 5.56 Å². The highest BCUT2D eigenvalue weighted by atomic mass is 127. The number of rotatable bonds is 0. The summed E-state index contributed by atoms with van der Waals surface area (Å²) in [6, 6.07) is 11.5. The predicted molar refractivity (Wildman–Crippen MR) is 98.3 cm³/mol. The minimum atomic E-state index is -1.86. The number of cyclic esters (lactones) is 1. The molecule has 0 bridgehead atoms. The number of halogens is 1. The van der Waals surface area contributed by atoms with Crippen LogP contribution in [0.1, 0.15) is 16.7 Å². The fourth-order valence-electron chi connectivity index (χ4n) is 3.49. The number of alkyl halides is 1. The van der Waals surface area contributed by atoms with Crippen LogP contribution in [0.5, 0.6) is 0 Å². The number of ether oxygens (including phenoxy) is 1. The summed E-state index contributed by atoms with van der Waals surface area (Å²) in [7, 11) is 0. The summed E-state index contributed by atoms with van der Waals surface area (Å²) >= 11 is 1.62. The largest absolute Gasteiger partial charge is 0.458 e. The Balaban J connectivity index is 1.82. The maximum absolute atomic E-state index is 12.9. The number of hydrogen-bond acceptors (Lipinski definition) is 5. The molecule has 0 unspecified atom stereocenters. The Bertz CT molecular complexity index is 1150. The van der Waals surface area contributed by atoms with Crippen LogP contribution in [0.3, 0.4) is 0 Å². The maximum atomic E-state index is 12.9. The molecule has 0 saturated heterocycles. The molecule has 2 aliphatic heterocycles. The molecule has 25 heavy (non-hydrogen) atoms. The van der Waals surface area contributed by atoms with Crippen molar-refractivity contribution in [2.75, 3.05) is 0 Å². The minimum absolute atomic E-state index is 0.121. The number of carbonyl (C=O) groups is 1. The van der Waals surface area contributed by atoms with Gasteiger partial charge in [-0.2, -0.15) is 0 Å². The van der Waals surface area contributed by atoms with Gasteiger partial charge in [0.1, 0.15) is 6.61 Å². The second-order valence-corrected chi connectivity index (χ2v) is 7.76. The highest BCUT2D eigenvalue weighted by Gasteiger charge is 2.44. The van der Waals surface area contributed by atoms with Crippen LogP contribution in [0.2, 0.25) is 0 Å². The number of pyridine rings is 2. The minimum Gasteiger partial charge on any atom is -0.458 e. The van der Waals surface area contributed by atoms with Gasteiger partial charge in [0.05, 0.1) is 29.0 Å². The van der Waals surface area contributed by atoms with Crippen LogP contribution in [0.4, 0.5) is 0 Å². The third kappa shape index (κ3) is 1.96. The Morgan fingerprint density at radius 3 is 2.88 bits per heavy atom. The Morgan fingerprint density at radius 2 is 2.04 bits per heavy atom. The number of aromatic nitrogens is 2. The lowest BCUT2D eigenvalue weighted by Gasteiger charge is -2.27. The van der Waals surface area contributed by atoms with E-state index in [2.05, 4.69) is 0 Å². The number of carbonyl (C=O) groups excluding carboxylic acids is 1. The molecule has 4 heterocycles. The van der Waals surface area contributed by atoms with Crippen molar-refractivity contribution in [3.63, 3.8) is 0 Å². The van der Waals surface area contributed by atoms with Crippen LogP contribution in [-0.2, 0) is 26.3 Å². The summed E-state index contributed by atoms with van der Waals surface area (Å²) in [6.07, 6.45) is 0. The smallest absolute Gasteiger partial charge is 0.353 e. The summed E-state index contributed by atoms with van der Waals surface area (Å²) in [6.45, 7) is 0.298. The Hall–Kier alpha value is -2.26. The fraction of sp³-hybridized carbons (Fsp3) is 0.167. The van der Waals surface area contributed by atoms with Gasteiger partial charge in [-0.15, -0.1) is 0 Å². The molecule has 0 radical (unpaired) electrons. The Morgan fingerprint density at radius 1 is 1.24 bits per heavy atom. The van der Waals surface area contributed by atoms with Gasteiger partial charge in [0.2, 0.25) is 3.61 Å². The van der Waals surface area contributed by atoms with Crippen LogP contribution in [0, 0.1) is 0 Å². The molecule has 0 saturated carbocycles. The van der Waals surface area contributed by atoms with Gasteiger partial charge < -0.3 is 14.4 Å². The molecule has 1 atom stereocenters. The third-order valence-corrected chi connectivity index (χ3v) is 5.77. The molecule has 1 N–H and O–H groups in total. The average Bonchev–Trinajstić information content (AvgIpc) is 2.95. The van der Waals surface area contributed by atoms with E-state index >= 15 is 0 Å². The zero-order valence-corrected chi connectivity index (χ0v) is 15.0. The summed E-state index contributed by atoms with van der Waals surface area (Å²) in [4.78, 5) is 29.5. The van der Waals surface area contributed by atoms with Crippen molar-refractivity contribution < 1.29 is 14.6 Å². The molecule has 2 aromatic heterocycles. The van der Waals surface area contributed by atoms with E-state index in [-0.39, 0.29) is 12.2 Å². The highest BCUT2D eigenvalue weighted by molar-refractivity contribution is 14.1. The topological polar surface area (TPSA) is 81.4 Å². The molecule has 6 nitrogen and oxygen atoms in total. The van der Waals surface area contributed by atoms with E-state index in [1.54, 1.807) is 33.2 Å². The van der Waals surface area contributed by atoms with E-state index in [1.165, 1.54) is 0 Å². The van der Waals surface area contributed by atoms with Crippen molar-refractivity contribution >= 4 is 39.5 Å². The number of benzene rings is 1. The maximum Gasteiger partial charge on any atom is 0.353 e. The number of hydrogen-bond donors (Lipinski definition) is 1. The fourth-order valence-corrected chi connectivity index (χ4v) is 4.13. The molecule has 7 heteroatoms. The van der Waals surface area contributed by atoms with Crippen LogP contribution < -0.4 is 5.56 Å². The third-order valence-electron chi connectivity index (χ3n) is 4.75. The van der Waals surface area contributed by atoms with Gasteiger partial charge in [0, 0.05) is 16.5 Å². The van der Waals surface area contributed by atoms with Crippen molar-refractivity contribution in [2.24, 2.45) is 0 Å². The molecular formula is C18H11IN2O4. The van der Waals surface area contributed by atoms with Crippen molar-refractivity contribution in [1.82, 2.24) is 9.55 Å². The number of esters is 1. The SMILES string of the molecule is O=C1OCc2c(cc3n(c2=O)Cc2cc4ccccc4nc2-3)[C@@]1(O)I. The van der Waals surface area contributed by atoms with Crippen molar-refractivity contribution in [2.45, 2.75) is 16.8 Å². The molecule has 0 fully saturated rings. The number of nitrogens with zero attached hydrogens (tertiary/aromatic N) is 2. The molecule has 0 amide bonds. The second-order valence-electron chi connectivity index (χ2n) is 6.20. The first kappa shape index (κ1) is 15.0. The van der Waals surface area contributed by atoms with Gasteiger partial charge in [-0.25, -0.2) is 9.78 Å². The van der Waals surface area contributed by atoms with Gasteiger partial charge >= 0.3 is 5.97 Å². The number of aliphatic hydroxyl groups is 1. The molecule has 5 rings (SSSR count). The first-order valence-electron chi connectivity index (χ1n) is 7.71.